The van der Waals surface area contributed by atoms with E-state index in [4.69, 9.17) is 0 Å². The lowest BCUT2D eigenvalue weighted by molar-refractivity contribution is 0.0955. The van der Waals surface area contributed by atoms with Crippen LogP contribution in [0.15, 0.2) is 41.5 Å². The number of anilines is 1. The topological polar surface area (TPSA) is 64.9 Å². The summed E-state index contributed by atoms with van der Waals surface area (Å²) >= 11 is 0. The van der Waals surface area contributed by atoms with Crippen LogP contribution in [-0.2, 0) is 0 Å². The highest BCUT2D eigenvalue weighted by atomic mass is 16.3. The third kappa shape index (κ3) is 3.82. The molecule has 2 aromatic rings. The summed E-state index contributed by atoms with van der Waals surface area (Å²) in [5.41, 5.74) is 7.82. The van der Waals surface area contributed by atoms with Crippen molar-refractivity contribution in [2.24, 2.45) is 5.10 Å². The summed E-state index contributed by atoms with van der Waals surface area (Å²) in [4.78, 5) is 14.5. The van der Waals surface area contributed by atoms with Gasteiger partial charge in [0.2, 0.25) is 0 Å². The molecule has 2 aromatic carbocycles. The van der Waals surface area contributed by atoms with Crippen molar-refractivity contribution >= 4 is 17.8 Å². The third-order valence-corrected chi connectivity index (χ3v) is 5.52. The van der Waals surface area contributed by atoms with E-state index in [0.717, 1.165) is 17.5 Å². The van der Waals surface area contributed by atoms with Gasteiger partial charge in [0.05, 0.1) is 6.21 Å². The van der Waals surface area contributed by atoms with Gasteiger partial charge in [-0.05, 0) is 86.2 Å². The number of nitrogens with zero attached hydrogens (tertiary/aromatic N) is 2. The number of rotatable bonds is 3. The van der Waals surface area contributed by atoms with E-state index in [-0.39, 0.29) is 17.2 Å². The van der Waals surface area contributed by atoms with Crippen LogP contribution < -0.4 is 10.3 Å². The van der Waals surface area contributed by atoms with Gasteiger partial charge in [-0.3, -0.25) is 4.79 Å². The highest BCUT2D eigenvalue weighted by Crippen LogP contribution is 2.43. The van der Waals surface area contributed by atoms with Crippen LogP contribution in [0.1, 0.15) is 60.2 Å². The number of aromatic hydroxyl groups is 1. The molecule has 3 rings (SSSR count). The number of benzene rings is 2. The van der Waals surface area contributed by atoms with Gasteiger partial charge >= 0.3 is 0 Å². The van der Waals surface area contributed by atoms with Gasteiger partial charge in [-0.25, -0.2) is 5.43 Å². The molecule has 2 N–H and O–H groups in total. The molecule has 1 amide bonds. The Morgan fingerprint density at radius 2 is 1.96 bits per heavy atom. The molecule has 0 aliphatic carbocycles. The van der Waals surface area contributed by atoms with Crippen molar-refractivity contribution in [3.05, 3.63) is 58.7 Å². The summed E-state index contributed by atoms with van der Waals surface area (Å²) in [7, 11) is 2.15. The second-order valence-corrected chi connectivity index (χ2v) is 7.99. The maximum absolute atomic E-state index is 12.1. The van der Waals surface area contributed by atoms with E-state index in [1.54, 1.807) is 18.3 Å². The van der Waals surface area contributed by atoms with Crippen molar-refractivity contribution in [3.63, 3.8) is 0 Å². The van der Waals surface area contributed by atoms with Crippen LogP contribution in [0.25, 0.3) is 0 Å². The van der Waals surface area contributed by atoms with Crippen LogP contribution in [0.5, 0.6) is 5.75 Å². The largest absolute Gasteiger partial charge is 0.508 e. The lowest BCUT2D eigenvalue weighted by atomic mass is 9.79. The molecule has 5 heteroatoms. The molecule has 0 spiro atoms. The number of nitrogens with one attached hydrogen (secondary N) is 1. The second kappa shape index (κ2) is 7.06. The molecule has 1 unspecified atom stereocenters. The minimum absolute atomic E-state index is 0.127. The number of phenolic OH excluding ortho intramolecular Hbond substituents is 1. The van der Waals surface area contributed by atoms with Crippen LogP contribution >= 0.6 is 0 Å². The molecule has 27 heavy (non-hydrogen) atoms. The van der Waals surface area contributed by atoms with Crippen LogP contribution in [0.4, 0.5) is 5.69 Å². The standard InChI is InChI=1S/C22H27N3O2/c1-14-10-20-19(15(2)12-22(3,4)25(20)5)11-17(14)13-23-24-21(27)16-6-8-18(26)9-7-16/h6-11,13,15,26H,12H2,1-5H3,(H,24,27)/b23-13-. The van der Waals surface area contributed by atoms with E-state index < -0.39 is 0 Å². The van der Waals surface area contributed by atoms with E-state index in [1.165, 1.54) is 23.4 Å². The van der Waals surface area contributed by atoms with Gasteiger partial charge in [-0.2, -0.15) is 5.10 Å². The maximum Gasteiger partial charge on any atom is 0.271 e. The SMILES string of the molecule is Cc1cc2c(cc1/C=N\NC(=O)c1ccc(O)cc1)C(C)CC(C)(C)N2C. The molecule has 0 saturated carbocycles. The molecule has 0 fully saturated rings. The van der Waals surface area contributed by atoms with Crippen LogP contribution in [0, 0.1) is 6.92 Å². The smallest absolute Gasteiger partial charge is 0.271 e. The van der Waals surface area contributed by atoms with Gasteiger partial charge in [0.25, 0.3) is 5.91 Å². The lowest BCUT2D eigenvalue weighted by Crippen LogP contribution is -2.45. The normalized spacial score (nSPS) is 18.4. The van der Waals surface area contributed by atoms with Crippen LogP contribution in [-0.4, -0.2) is 29.8 Å². The fourth-order valence-electron chi connectivity index (χ4n) is 3.71. The van der Waals surface area contributed by atoms with Crippen molar-refractivity contribution in [1.82, 2.24) is 5.43 Å². The summed E-state index contributed by atoms with van der Waals surface area (Å²) in [6, 6.07) is 10.5. The average molecular weight is 365 g/mol. The predicted octanol–water partition coefficient (Wildman–Crippen LogP) is 4.19. The fraction of sp³-hybridized carbons (Fsp3) is 0.364. The zero-order chi connectivity index (χ0) is 19.8. The Balaban J connectivity index is 1.80. The van der Waals surface area contributed by atoms with Crippen LogP contribution in [0.2, 0.25) is 0 Å². The van der Waals surface area contributed by atoms with E-state index in [0.29, 0.717) is 11.5 Å². The number of hydrogen-bond acceptors (Lipinski definition) is 4. The fourth-order valence-corrected chi connectivity index (χ4v) is 3.71. The van der Waals surface area contributed by atoms with Gasteiger partial charge < -0.3 is 10.0 Å². The van der Waals surface area contributed by atoms with Crippen LogP contribution in [0.3, 0.4) is 0 Å². The molecule has 5 nitrogen and oxygen atoms in total. The highest BCUT2D eigenvalue weighted by Gasteiger charge is 2.34. The maximum atomic E-state index is 12.1. The van der Waals surface area contributed by atoms with E-state index >= 15 is 0 Å². The average Bonchev–Trinajstić information content (AvgIpc) is 2.61. The Morgan fingerprint density at radius 1 is 1.30 bits per heavy atom. The zero-order valence-electron chi connectivity index (χ0n) is 16.6. The minimum atomic E-state index is -0.309. The molecule has 0 aromatic heterocycles. The minimum Gasteiger partial charge on any atom is -0.508 e. The van der Waals surface area contributed by atoms with Gasteiger partial charge in [0, 0.05) is 23.8 Å². The monoisotopic (exact) mass is 365 g/mol. The van der Waals surface area contributed by atoms with Gasteiger partial charge in [0.1, 0.15) is 5.75 Å². The Kier molecular flexibility index (Phi) is 4.96. The zero-order valence-corrected chi connectivity index (χ0v) is 16.6. The Bertz CT molecular complexity index is 885. The molecule has 1 heterocycles. The van der Waals surface area contributed by atoms with Crippen molar-refractivity contribution in [2.45, 2.75) is 45.6 Å². The second-order valence-electron chi connectivity index (χ2n) is 7.99. The summed E-state index contributed by atoms with van der Waals surface area (Å²) in [6.07, 6.45) is 2.79. The first-order chi connectivity index (χ1) is 12.7. The molecular weight excluding hydrogens is 338 g/mol. The number of amides is 1. The quantitative estimate of drug-likeness (QED) is 0.633. The molecule has 1 atom stereocenters. The predicted molar refractivity (Wildman–Crippen MR) is 110 cm³/mol. The van der Waals surface area contributed by atoms with E-state index in [9.17, 15) is 9.90 Å². The van der Waals surface area contributed by atoms with Crippen molar-refractivity contribution in [2.75, 3.05) is 11.9 Å². The number of phenols is 1. The summed E-state index contributed by atoms with van der Waals surface area (Å²) in [5, 5.41) is 13.4. The molecule has 0 saturated heterocycles. The summed E-state index contributed by atoms with van der Waals surface area (Å²) < 4.78 is 0. The first kappa shape index (κ1) is 19.0. The lowest BCUT2D eigenvalue weighted by Gasteiger charge is -2.45. The molecule has 1 aliphatic rings. The molecular formula is C22H27N3O2. The number of carbonyl (C=O) groups excluding carboxylic acids is 1. The van der Waals surface area contributed by atoms with E-state index in [1.807, 2.05) is 0 Å². The summed E-state index contributed by atoms with van der Waals surface area (Å²) in [6.45, 7) is 8.87. The van der Waals surface area contributed by atoms with Crippen molar-refractivity contribution in [3.8, 4) is 5.75 Å². The first-order valence-electron chi connectivity index (χ1n) is 9.20. The molecule has 0 radical (unpaired) electrons. The van der Waals surface area contributed by atoms with Crippen molar-refractivity contribution in [1.29, 1.82) is 0 Å². The Labute approximate surface area is 160 Å². The van der Waals surface area contributed by atoms with Gasteiger partial charge in [-0.15, -0.1) is 0 Å². The number of hydrogen-bond donors (Lipinski definition) is 2. The highest BCUT2D eigenvalue weighted by molar-refractivity contribution is 5.95. The molecule has 142 valence electrons. The van der Waals surface area contributed by atoms with E-state index in [2.05, 4.69) is 62.3 Å². The number of carbonyl (C=O) groups is 1. The Morgan fingerprint density at radius 3 is 2.63 bits per heavy atom. The number of hydrazone groups is 1. The molecule has 0 bridgehead atoms. The first-order valence-corrected chi connectivity index (χ1v) is 9.20. The molecule has 1 aliphatic heterocycles. The number of aryl methyl sites for hydroxylation is 1. The summed E-state index contributed by atoms with van der Waals surface area (Å²) in [5.74, 6) is 0.282. The Hall–Kier alpha value is -2.82. The van der Waals surface area contributed by atoms with Gasteiger partial charge in [0.15, 0.2) is 0 Å². The third-order valence-electron chi connectivity index (χ3n) is 5.52. The van der Waals surface area contributed by atoms with Crippen molar-refractivity contribution < 1.29 is 9.90 Å². The number of fused-ring (bicyclic) bond motifs is 1. The van der Waals surface area contributed by atoms with Gasteiger partial charge in [-0.1, -0.05) is 6.92 Å².